The summed E-state index contributed by atoms with van der Waals surface area (Å²) in [5.41, 5.74) is 4.01. The molecular formula is C18H14ClN3S. The van der Waals surface area contributed by atoms with Gasteiger partial charge in [0, 0.05) is 22.2 Å². The Morgan fingerprint density at radius 1 is 1.04 bits per heavy atom. The highest BCUT2D eigenvalue weighted by atomic mass is 35.5. The molecule has 0 atom stereocenters. The second-order valence-electron chi connectivity index (χ2n) is 4.84. The van der Waals surface area contributed by atoms with Gasteiger partial charge < -0.3 is 0 Å². The molecule has 5 heteroatoms. The molecule has 3 aromatic rings. The van der Waals surface area contributed by atoms with Gasteiger partial charge >= 0.3 is 0 Å². The lowest BCUT2D eigenvalue weighted by Crippen LogP contribution is -2.00. The maximum Gasteiger partial charge on any atom is 0.161 e. The van der Waals surface area contributed by atoms with Gasteiger partial charge in [-0.2, -0.15) is 0 Å². The van der Waals surface area contributed by atoms with E-state index in [1.807, 2.05) is 61.5 Å². The summed E-state index contributed by atoms with van der Waals surface area (Å²) in [7, 11) is 0. The largest absolute Gasteiger partial charge is 0.256 e. The van der Waals surface area contributed by atoms with E-state index >= 15 is 0 Å². The van der Waals surface area contributed by atoms with E-state index in [0.29, 0.717) is 5.15 Å². The van der Waals surface area contributed by atoms with Crippen molar-refractivity contribution in [2.75, 3.05) is 0 Å². The highest BCUT2D eigenvalue weighted by Gasteiger charge is 2.20. The van der Waals surface area contributed by atoms with Crippen LogP contribution in [0.5, 0.6) is 0 Å². The van der Waals surface area contributed by atoms with Gasteiger partial charge in [0.15, 0.2) is 5.15 Å². The van der Waals surface area contributed by atoms with Crippen molar-refractivity contribution in [3.8, 4) is 22.5 Å². The van der Waals surface area contributed by atoms with E-state index in [9.17, 15) is 0 Å². The summed E-state index contributed by atoms with van der Waals surface area (Å²) in [6.07, 6.45) is 3.64. The SMILES string of the molecule is C/C=C(\S)c1c(-c2ccccc2)nnc(Cl)c1-c1ccccn1. The molecule has 0 bridgehead atoms. The third-order valence-electron chi connectivity index (χ3n) is 3.43. The lowest BCUT2D eigenvalue weighted by Gasteiger charge is -2.14. The maximum absolute atomic E-state index is 6.35. The Morgan fingerprint density at radius 3 is 2.43 bits per heavy atom. The third-order valence-corrected chi connectivity index (χ3v) is 4.18. The Hall–Kier alpha value is -2.17. The van der Waals surface area contributed by atoms with E-state index in [2.05, 4.69) is 27.8 Å². The summed E-state index contributed by atoms with van der Waals surface area (Å²) < 4.78 is 0. The highest BCUT2D eigenvalue weighted by molar-refractivity contribution is 7.90. The lowest BCUT2D eigenvalue weighted by molar-refractivity contribution is 1.03. The molecule has 2 aromatic heterocycles. The zero-order valence-corrected chi connectivity index (χ0v) is 14.1. The van der Waals surface area contributed by atoms with Gasteiger partial charge in [-0.15, -0.1) is 22.8 Å². The monoisotopic (exact) mass is 339 g/mol. The van der Waals surface area contributed by atoms with Gasteiger partial charge in [-0.3, -0.25) is 4.98 Å². The van der Waals surface area contributed by atoms with Gasteiger partial charge in [0.05, 0.1) is 11.3 Å². The molecular weight excluding hydrogens is 326 g/mol. The topological polar surface area (TPSA) is 38.7 Å². The van der Waals surface area contributed by atoms with Crippen molar-refractivity contribution < 1.29 is 0 Å². The average Bonchev–Trinajstić information content (AvgIpc) is 2.62. The molecule has 2 heterocycles. The van der Waals surface area contributed by atoms with Crippen LogP contribution >= 0.6 is 24.2 Å². The molecule has 0 spiro atoms. The quantitative estimate of drug-likeness (QED) is 0.671. The van der Waals surface area contributed by atoms with E-state index in [1.54, 1.807) is 6.20 Å². The van der Waals surface area contributed by atoms with Gasteiger partial charge in [0.2, 0.25) is 0 Å². The number of benzene rings is 1. The fraction of sp³-hybridized carbons (Fsp3) is 0.0556. The van der Waals surface area contributed by atoms with Crippen molar-refractivity contribution in [2.24, 2.45) is 0 Å². The molecule has 23 heavy (non-hydrogen) atoms. The number of hydrogen-bond donors (Lipinski definition) is 1. The minimum absolute atomic E-state index is 0.312. The van der Waals surface area contributed by atoms with Crippen molar-refractivity contribution in [1.82, 2.24) is 15.2 Å². The number of rotatable bonds is 3. The molecule has 0 aliphatic carbocycles. The van der Waals surface area contributed by atoms with Crippen molar-refractivity contribution in [1.29, 1.82) is 0 Å². The van der Waals surface area contributed by atoms with Crippen LogP contribution in [0.1, 0.15) is 12.5 Å². The summed E-state index contributed by atoms with van der Waals surface area (Å²) in [5.74, 6) is 0. The first-order chi connectivity index (χ1) is 11.2. The molecule has 0 aliphatic heterocycles. The van der Waals surface area contributed by atoms with E-state index in [-0.39, 0.29) is 0 Å². The van der Waals surface area contributed by atoms with Gasteiger partial charge in [0.25, 0.3) is 0 Å². The van der Waals surface area contributed by atoms with Crippen LogP contribution < -0.4 is 0 Å². The molecule has 0 radical (unpaired) electrons. The second kappa shape index (κ2) is 6.94. The van der Waals surface area contributed by atoms with Crippen molar-refractivity contribution >= 4 is 29.1 Å². The van der Waals surface area contributed by atoms with E-state index < -0.39 is 0 Å². The summed E-state index contributed by atoms with van der Waals surface area (Å²) in [6.45, 7) is 1.92. The third kappa shape index (κ3) is 3.14. The molecule has 3 nitrogen and oxygen atoms in total. The smallest absolute Gasteiger partial charge is 0.161 e. The Kier molecular flexibility index (Phi) is 4.74. The zero-order valence-electron chi connectivity index (χ0n) is 12.4. The summed E-state index contributed by atoms with van der Waals surface area (Å²) in [4.78, 5) is 5.19. The van der Waals surface area contributed by atoms with E-state index in [4.69, 9.17) is 11.6 Å². The summed E-state index contributed by atoms with van der Waals surface area (Å²) in [5, 5.41) is 8.74. The number of nitrogens with zero attached hydrogens (tertiary/aromatic N) is 3. The van der Waals surface area contributed by atoms with E-state index in [1.165, 1.54) is 0 Å². The number of pyridine rings is 1. The molecule has 0 saturated heterocycles. The zero-order chi connectivity index (χ0) is 16.2. The highest BCUT2D eigenvalue weighted by Crippen LogP contribution is 2.39. The fourth-order valence-electron chi connectivity index (χ4n) is 2.35. The first kappa shape index (κ1) is 15.7. The van der Waals surface area contributed by atoms with Crippen LogP contribution in [0.25, 0.3) is 27.4 Å². The molecule has 1 aromatic carbocycles. The predicted molar refractivity (Wildman–Crippen MR) is 98.3 cm³/mol. The standard InChI is InChI=1S/C18H14ClN3S/c1-2-14(23)16-15(13-10-6-7-11-20-13)18(19)22-21-17(16)12-8-4-3-5-9-12/h2-11,23H,1H3/b14-2-. The average molecular weight is 340 g/mol. The first-order valence-electron chi connectivity index (χ1n) is 7.11. The van der Waals surface area contributed by atoms with Crippen LogP contribution in [-0.4, -0.2) is 15.2 Å². The van der Waals surface area contributed by atoms with Gasteiger partial charge in [-0.25, -0.2) is 0 Å². The minimum atomic E-state index is 0.312. The molecule has 0 N–H and O–H groups in total. The van der Waals surface area contributed by atoms with Crippen molar-refractivity contribution in [2.45, 2.75) is 6.92 Å². The molecule has 3 rings (SSSR count). The molecule has 0 amide bonds. The second-order valence-corrected chi connectivity index (χ2v) is 5.68. The fourth-order valence-corrected chi connectivity index (χ4v) is 2.80. The van der Waals surface area contributed by atoms with E-state index in [0.717, 1.165) is 33.0 Å². The van der Waals surface area contributed by atoms with Crippen LogP contribution in [-0.2, 0) is 0 Å². The normalized spacial score (nSPS) is 11.5. The number of thiol groups is 1. The van der Waals surface area contributed by atoms with Gasteiger partial charge in [-0.05, 0) is 19.1 Å². The predicted octanol–water partition coefficient (Wildman–Crippen LogP) is 5.15. The van der Waals surface area contributed by atoms with Crippen molar-refractivity contribution in [3.05, 3.63) is 71.5 Å². The lowest BCUT2D eigenvalue weighted by atomic mass is 9.99. The molecule has 0 aliphatic rings. The molecule has 0 fully saturated rings. The van der Waals surface area contributed by atoms with Crippen LogP contribution in [0.2, 0.25) is 5.15 Å². The minimum Gasteiger partial charge on any atom is -0.256 e. The number of halogens is 1. The molecule has 0 saturated carbocycles. The van der Waals surface area contributed by atoms with Crippen molar-refractivity contribution in [3.63, 3.8) is 0 Å². The Balaban J connectivity index is 2.36. The summed E-state index contributed by atoms with van der Waals surface area (Å²) >= 11 is 11.0. The molecule has 114 valence electrons. The number of aromatic nitrogens is 3. The van der Waals surface area contributed by atoms with Gasteiger partial charge in [0.1, 0.15) is 5.69 Å². The Bertz CT molecular complexity index is 849. The van der Waals surface area contributed by atoms with Crippen LogP contribution in [0.15, 0.2) is 60.8 Å². The summed E-state index contributed by atoms with van der Waals surface area (Å²) in [6, 6.07) is 15.5. The number of hydrogen-bond acceptors (Lipinski definition) is 4. The van der Waals surface area contributed by atoms with Crippen LogP contribution in [0.3, 0.4) is 0 Å². The maximum atomic E-state index is 6.35. The van der Waals surface area contributed by atoms with Crippen LogP contribution in [0, 0.1) is 0 Å². The Morgan fingerprint density at radius 2 is 1.78 bits per heavy atom. The Labute approximate surface area is 145 Å². The van der Waals surface area contributed by atoms with Crippen LogP contribution in [0.4, 0.5) is 0 Å². The number of allylic oxidation sites excluding steroid dienone is 1. The molecule has 0 unspecified atom stereocenters. The first-order valence-corrected chi connectivity index (χ1v) is 7.93. The van der Waals surface area contributed by atoms with Gasteiger partial charge in [-0.1, -0.05) is 54.1 Å².